The summed E-state index contributed by atoms with van der Waals surface area (Å²) in [6.07, 6.45) is 3.85. The molecule has 2 saturated heterocycles. The Balaban J connectivity index is 1.87. The molecular weight excluding hydrogens is 490 g/mol. The molecule has 7 nitrogen and oxygen atoms in total. The van der Waals surface area contributed by atoms with Gasteiger partial charge in [0.2, 0.25) is 0 Å². The maximum atomic E-state index is 13.3. The van der Waals surface area contributed by atoms with Gasteiger partial charge in [0.15, 0.2) is 0 Å². The van der Waals surface area contributed by atoms with Gasteiger partial charge in [-0.25, -0.2) is 4.98 Å². The summed E-state index contributed by atoms with van der Waals surface area (Å²) in [7, 11) is 0. The van der Waals surface area contributed by atoms with Crippen molar-refractivity contribution in [1.82, 2.24) is 4.98 Å². The van der Waals surface area contributed by atoms with Gasteiger partial charge in [-0.3, -0.25) is 9.59 Å². The zero-order chi connectivity index (χ0) is 27.5. The summed E-state index contributed by atoms with van der Waals surface area (Å²) in [5, 5.41) is 22.7. The van der Waals surface area contributed by atoms with Crippen LogP contribution in [0.4, 0.5) is 0 Å². The molecule has 0 bridgehead atoms. The lowest BCUT2D eigenvalue weighted by molar-refractivity contribution is -0.154. The molecule has 1 aromatic heterocycles. The molecule has 1 aromatic rings. The predicted octanol–water partition coefficient (Wildman–Crippen LogP) is 4.83. The second-order valence-corrected chi connectivity index (χ2v) is 12.4. The SMILES string of the molecule is CSc1cccc(/C=C(\C)[C@@H]2CC3O[C@]3(C)CCC[C@H](C)[C@H](O)[C@@H](C)C(=O)C(C)(C)[C@@H](O)CC(=O)O2)n1. The molecule has 2 aliphatic rings. The number of Topliss-reactive ketones (excluding diaryl/α,β-unsaturated/α-hetero) is 1. The van der Waals surface area contributed by atoms with E-state index in [0.29, 0.717) is 6.42 Å². The highest BCUT2D eigenvalue weighted by atomic mass is 32.2. The van der Waals surface area contributed by atoms with E-state index in [0.717, 1.165) is 35.6 Å². The normalized spacial score (nSPS) is 36.0. The third-order valence-electron chi connectivity index (χ3n) is 8.24. The van der Waals surface area contributed by atoms with E-state index in [9.17, 15) is 19.8 Å². The number of thioether (sulfide) groups is 1. The fraction of sp³-hybridized carbons (Fsp3) is 0.690. The first kappa shape index (κ1) is 29.8. The summed E-state index contributed by atoms with van der Waals surface area (Å²) in [5.41, 5.74) is 0.0948. The van der Waals surface area contributed by atoms with Crippen LogP contribution >= 0.6 is 11.8 Å². The number of pyridine rings is 1. The van der Waals surface area contributed by atoms with Gasteiger partial charge in [0, 0.05) is 12.3 Å². The Morgan fingerprint density at radius 3 is 2.57 bits per heavy atom. The van der Waals surface area contributed by atoms with Gasteiger partial charge in [-0.05, 0) is 62.6 Å². The van der Waals surface area contributed by atoms with Crippen LogP contribution in [0.3, 0.4) is 0 Å². The highest BCUT2D eigenvalue weighted by Crippen LogP contribution is 2.45. The Labute approximate surface area is 225 Å². The standard InChI is InChI=1S/C29H43NO6S/c1-17-10-9-13-29(6)23(36-29)15-21(18(2)14-20-11-8-12-24(30-20)37-7)35-25(32)16-22(31)28(4,5)27(34)19(3)26(17)33/h8,11-12,14,17,19,21-23,26,31,33H,9-10,13,15-16H2,1-7H3/b18-14+/t17-,19+,21-,22-,23?,26-,29+/m0/s1. The smallest absolute Gasteiger partial charge is 0.309 e. The van der Waals surface area contributed by atoms with E-state index in [1.54, 1.807) is 32.5 Å². The zero-order valence-corrected chi connectivity index (χ0v) is 24.0. The van der Waals surface area contributed by atoms with Crippen molar-refractivity contribution in [2.24, 2.45) is 17.3 Å². The van der Waals surface area contributed by atoms with Gasteiger partial charge in [0.05, 0.1) is 46.5 Å². The fourth-order valence-corrected chi connectivity index (χ4v) is 5.66. The van der Waals surface area contributed by atoms with Crippen LogP contribution in [0.2, 0.25) is 0 Å². The molecule has 37 heavy (non-hydrogen) atoms. The van der Waals surface area contributed by atoms with Gasteiger partial charge < -0.3 is 19.7 Å². The Morgan fingerprint density at radius 1 is 1.19 bits per heavy atom. The van der Waals surface area contributed by atoms with Crippen molar-refractivity contribution < 1.29 is 29.3 Å². The molecule has 0 spiro atoms. The molecule has 0 aliphatic carbocycles. The van der Waals surface area contributed by atoms with E-state index in [-0.39, 0.29) is 29.8 Å². The third kappa shape index (κ3) is 7.22. The summed E-state index contributed by atoms with van der Waals surface area (Å²) < 4.78 is 12.0. The number of fused-ring (bicyclic) bond motifs is 1. The first-order valence-corrected chi connectivity index (χ1v) is 14.5. The molecule has 7 atom stereocenters. The Kier molecular flexibility index (Phi) is 9.65. The molecule has 0 aromatic carbocycles. The highest BCUT2D eigenvalue weighted by molar-refractivity contribution is 7.98. The largest absolute Gasteiger partial charge is 0.458 e. The van der Waals surface area contributed by atoms with Gasteiger partial charge >= 0.3 is 5.97 Å². The predicted molar refractivity (Wildman–Crippen MR) is 145 cm³/mol. The topological polar surface area (TPSA) is 109 Å². The van der Waals surface area contributed by atoms with E-state index >= 15 is 0 Å². The Hall–Kier alpha value is -1.74. The first-order chi connectivity index (χ1) is 17.3. The van der Waals surface area contributed by atoms with Gasteiger partial charge in [-0.1, -0.05) is 40.2 Å². The van der Waals surface area contributed by atoms with Gasteiger partial charge in [0.1, 0.15) is 11.9 Å². The van der Waals surface area contributed by atoms with E-state index in [4.69, 9.17) is 9.47 Å². The number of carbonyl (C=O) groups excluding carboxylic acids is 2. The number of ether oxygens (including phenoxy) is 2. The quantitative estimate of drug-likeness (QED) is 0.323. The van der Waals surface area contributed by atoms with Crippen LogP contribution in [0, 0.1) is 17.3 Å². The van der Waals surface area contributed by atoms with Crippen molar-refractivity contribution >= 4 is 29.6 Å². The van der Waals surface area contributed by atoms with Crippen LogP contribution in [0.25, 0.3) is 6.08 Å². The second-order valence-electron chi connectivity index (χ2n) is 11.6. The number of aliphatic hydroxyl groups is 2. The van der Waals surface area contributed by atoms with Crippen LogP contribution in [0.15, 0.2) is 28.8 Å². The van der Waals surface area contributed by atoms with Gasteiger partial charge in [-0.2, -0.15) is 0 Å². The number of esters is 1. The van der Waals surface area contributed by atoms with E-state index < -0.39 is 35.6 Å². The molecule has 8 heteroatoms. The van der Waals surface area contributed by atoms with E-state index in [1.165, 1.54) is 0 Å². The number of epoxide rings is 1. The van der Waals surface area contributed by atoms with E-state index in [2.05, 4.69) is 11.9 Å². The van der Waals surface area contributed by atoms with Crippen LogP contribution < -0.4 is 0 Å². The maximum Gasteiger partial charge on any atom is 0.309 e. The average molecular weight is 534 g/mol. The molecule has 2 aliphatic heterocycles. The molecule has 0 saturated carbocycles. The van der Waals surface area contributed by atoms with Crippen LogP contribution in [0.5, 0.6) is 0 Å². The molecule has 0 radical (unpaired) electrons. The molecular formula is C29H43NO6S. The number of nitrogens with zero attached hydrogens (tertiary/aromatic N) is 1. The molecule has 206 valence electrons. The lowest BCUT2D eigenvalue weighted by atomic mass is 9.73. The summed E-state index contributed by atoms with van der Waals surface area (Å²) in [4.78, 5) is 30.9. The molecule has 2 N–H and O–H groups in total. The lowest BCUT2D eigenvalue weighted by Crippen LogP contribution is -2.45. The minimum Gasteiger partial charge on any atom is -0.458 e. The summed E-state index contributed by atoms with van der Waals surface area (Å²) in [6.45, 7) is 10.9. The number of carbonyl (C=O) groups is 2. The number of rotatable bonds is 3. The minimum atomic E-state index is -1.24. The lowest BCUT2D eigenvalue weighted by Gasteiger charge is -2.34. The number of ketones is 1. The number of cyclic esters (lactones) is 1. The second kappa shape index (κ2) is 12.0. The van der Waals surface area contributed by atoms with Crippen LogP contribution in [-0.2, 0) is 19.1 Å². The maximum absolute atomic E-state index is 13.3. The van der Waals surface area contributed by atoms with Gasteiger partial charge in [0.25, 0.3) is 0 Å². The summed E-state index contributed by atoms with van der Waals surface area (Å²) >= 11 is 1.56. The first-order valence-electron chi connectivity index (χ1n) is 13.3. The average Bonchev–Trinajstić information content (AvgIpc) is 3.49. The number of hydrogen-bond acceptors (Lipinski definition) is 8. The van der Waals surface area contributed by atoms with Crippen molar-refractivity contribution in [3.63, 3.8) is 0 Å². The Morgan fingerprint density at radius 2 is 1.89 bits per heavy atom. The van der Waals surface area contributed by atoms with Crippen molar-refractivity contribution in [2.45, 2.75) is 109 Å². The van der Waals surface area contributed by atoms with E-state index in [1.807, 2.05) is 44.4 Å². The fourth-order valence-electron chi connectivity index (χ4n) is 5.25. The van der Waals surface area contributed by atoms with Crippen LogP contribution in [0.1, 0.15) is 79.3 Å². The van der Waals surface area contributed by atoms with Crippen LogP contribution in [-0.4, -0.2) is 63.2 Å². The third-order valence-corrected chi connectivity index (χ3v) is 8.89. The van der Waals surface area contributed by atoms with Crippen molar-refractivity contribution in [2.75, 3.05) is 6.26 Å². The summed E-state index contributed by atoms with van der Waals surface area (Å²) in [5.74, 6) is -1.57. The minimum absolute atomic E-state index is 0.0610. The van der Waals surface area contributed by atoms with Crippen molar-refractivity contribution in [3.8, 4) is 0 Å². The number of hydrogen-bond donors (Lipinski definition) is 2. The molecule has 1 unspecified atom stereocenters. The van der Waals surface area contributed by atoms with Gasteiger partial charge in [-0.15, -0.1) is 11.8 Å². The molecule has 0 amide bonds. The molecule has 3 heterocycles. The number of aliphatic hydroxyl groups excluding tert-OH is 2. The van der Waals surface area contributed by atoms with Crippen molar-refractivity contribution in [1.29, 1.82) is 0 Å². The zero-order valence-electron chi connectivity index (χ0n) is 23.2. The highest BCUT2D eigenvalue weighted by Gasteiger charge is 2.53. The van der Waals surface area contributed by atoms with Crippen molar-refractivity contribution in [3.05, 3.63) is 29.5 Å². The summed E-state index contributed by atoms with van der Waals surface area (Å²) in [6, 6.07) is 5.80. The Bertz CT molecular complexity index is 1010. The molecule has 3 rings (SSSR count). The number of aromatic nitrogens is 1. The molecule has 2 fully saturated rings. The monoisotopic (exact) mass is 533 g/mol.